The first-order valence-corrected chi connectivity index (χ1v) is 9.41. The number of hydrogen-bond acceptors (Lipinski definition) is 4. The predicted molar refractivity (Wildman–Crippen MR) is 89.9 cm³/mol. The Labute approximate surface area is 133 Å². The highest BCUT2D eigenvalue weighted by atomic mass is 32.1. The van der Waals surface area contributed by atoms with Crippen LogP contribution in [0.25, 0.3) is 0 Å². The molecule has 2 aliphatic rings. The zero-order chi connectivity index (χ0) is 14.7. The summed E-state index contributed by atoms with van der Waals surface area (Å²) in [5.74, 6) is 1.63. The topological polar surface area (TPSA) is 19.4 Å². The van der Waals surface area contributed by atoms with Crippen LogP contribution in [0.1, 0.15) is 54.8 Å². The smallest absolute Gasteiger partial charge is 0.0959 e. The minimum Gasteiger partial charge on any atom is -0.306 e. The summed E-state index contributed by atoms with van der Waals surface area (Å²) >= 11 is 1.97. The van der Waals surface area contributed by atoms with Crippen molar-refractivity contribution in [3.05, 3.63) is 16.1 Å². The molecule has 0 spiro atoms. The fourth-order valence-electron chi connectivity index (χ4n) is 3.75. The number of thiazole rings is 1. The molecular weight excluding hydrogens is 278 g/mol. The average molecular weight is 308 g/mol. The van der Waals surface area contributed by atoms with E-state index in [4.69, 9.17) is 4.98 Å². The van der Waals surface area contributed by atoms with Gasteiger partial charge in [-0.25, -0.2) is 4.98 Å². The Bertz CT molecular complexity index is 439. The summed E-state index contributed by atoms with van der Waals surface area (Å²) in [7, 11) is 2.24. The summed E-state index contributed by atoms with van der Waals surface area (Å²) in [6.07, 6.45) is 9.03. The van der Waals surface area contributed by atoms with Crippen LogP contribution >= 0.6 is 11.3 Å². The van der Waals surface area contributed by atoms with Crippen molar-refractivity contribution in [3.8, 4) is 0 Å². The van der Waals surface area contributed by atoms with Gasteiger partial charge < -0.3 is 4.90 Å². The highest BCUT2D eigenvalue weighted by molar-refractivity contribution is 7.11. The summed E-state index contributed by atoms with van der Waals surface area (Å²) in [6, 6.07) is 0. The standard InChI is InChI=1S/C17H29N3S/c1-3-19(2)11-14-8-9-20(12-14)13-16-10-18-17(21-16)15-6-4-5-7-15/h10,14-15H,3-9,11-13H2,1-2H3/t14-/m0/s1. The Morgan fingerprint density at radius 3 is 2.90 bits per heavy atom. The van der Waals surface area contributed by atoms with Gasteiger partial charge in [0.15, 0.2) is 0 Å². The van der Waals surface area contributed by atoms with Gasteiger partial charge in [0.1, 0.15) is 0 Å². The van der Waals surface area contributed by atoms with Crippen LogP contribution in [0.15, 0.2) is 6.20 Å². The fourth-order valence-corrected chi connectivity index (χ4v) is 4.88. The molecule has 1 aromatic heterocycles. The molecule has 1 aliphatic heterocycles. The Balaban J connectivity index is 1.48. The highest BCUT2D eigenvalue weighted by Crippen LogP contribution is 2.36. The molecule has 0 unspecified atom stereocenters. The van der Waals surface area contributed by atoms with E-state index < -0.39 is 0 Å². The van der Waals surface area contributed by atoms with Crippen LogP contribution in [-0.2, 0) is 6.54 Å². The highest BCUT2D eigenvalue weighted by Gasteiger charge is 2.25. The minimum absolute atomic E-state index is 0.772. The normalized spacial score (nSPS) is 24.4. The van der Waals surface area contributed by atoms with Gasteiger partial charge in [0, 0.05) is 36.6 Å². The zero-order valence-electron chi connectivity index (χ0n) is 13.6. The molecule has 2 fully saturated rings. The van der Waals surface area contributed by atoms with E-state index in [0.717, 1.165) is 24.9 Å². The zero-order valence-corrected chi connectivity index (χ0v) is 14.4. The Kier molecular flexibility index (Phi) is 5.30. The molecule has 1 saturated heterocycles. The van der Waals surface area contributed by atoms with Crippen molar-refractivity contribution in [1.29, 1.82) is 0 Å². The largest absolute Gasteiger partial charge is 0.306 e. The van der Waals surface area contributed by atoms with Gasteiger partial charge in [0.25, 0.3) is 0 Å². The van der Waals surface area contributed by atoms with Crippen LogP contribution in [0.5, 0.6) is 0 Å². The van der Waals surface area contributed by atoms with E-state index in [1.165, 1.54) is 61.6 Å². The molecule has 1 aromatic rings. The van der Waals surface area contributed by atoms with Crippen molar-refractivity contribution >= 4 is 11.3 Å². The molecular formula is C17H29N3S. The van der Waals surface area contributed by atoms with Crippen LogP contribution in [0.2, 0.25) is 0 Å². The third-order valence-electron chi connectivity index (χ3n) is 5.13. The number of aromatic nitrogens is 1. The quantitative estimate of drug-likeness (QED) is 0.801. The van der Waals surface area contributed by atoms with E-state index in [0.29, 0.717) is 0 Å². The van der Waals surface area contributed by atoms with Crippen LogP contribution in [0.4, 0.5) is 0 Å². The lowest BCUT2D eigenvalue weighted by Gasteiger charge is -2.19. The lowest BCUT2D eigenvalue weighted by Crippen LogP contribution is -2.27. The van der Waals surface area contributed by atoms with Crippen LogP contribution < -0.4 is 0 Å². The summed E-state index contributed by atoms with van der Waals surface area (Å²) in [4.78, 5) is 11.2. The second-order valence-electron chi connectivity index (χ2n) is 6.89. The summed E-state index contributed by atoms with van der Waals surface area (Å²) in [5.41, 5.74) is 0. The molecule has 1 saturated carbocycles. The van der Waals surface area contributed by atoms with Crippen LogP contribution in [0, 0.1) is 5.92 Å². The first kappa shape index (κ1) is 15.4. The van der Waals surface area contributed by atoms with Crippen molar-refractivity contribution in [1.82, 2.24) is 14.8 Å². The Hall–Kier alpha value is -0.450. The van der Waals surface area contributed by atoms with Gasteiger partial charge in [-0.1, -0.05) is 19.8 Å². The molecule has 4 heteroatoms. The molecule has 2 heterocycles. The molecule has 3 nitrogen and oxygen atoms in total. The fraction of sp³-hybridized carbons (Fsp3) is 0.824. The SMILES string of the molecule is CCN(C)C[C@@H]1CCN(Cc2cnc(C3CCCC3)s2)C1. The van der Waals surface area contributed by atoms with Gasteiger partial charge >= 0.3 is 0 Å². The molecule has 0 N–H and O–H groups in total. The Morgan fingerprint density at radius 1 is 1.33 bits per heavy atom. The number of hydrogen-bond donors (Lipinski definition) is 0. The minimum atomic E-state index is 0.772. The van der Waals surface area contributed by atoms with Crippen molar-refractivity contribution < 1.29 is 0 Å². The van der Waals surface area contributed by atoms with Crippen molar-refractivity contribution in [2.75, 3.05) is 33.2 Å². The molecule has 0 amide bonds. The monoisotopic (exact) mass is 307 g/mol. The first-order valence-electron chi connectivity index (χ1n) is 8.60. The van der Waals surface area contributed by atoms with Gasteiger partial charge in [-0.15, -0.1) is 11.3 Å². The van der Waals surface area contributed by atoms with Crippen LogP contribution in [0.3, 0.4) is 0 Å². The summed E-state index contributed by atoms with van der Waals surface area (Å²) in [6.45, 7) is 8.31. The van der Waals surface area contributed by atoms with Gasteiger partial charge in [-0.3, -0.25) is 4.90 Å². The molecule has 118 valence electrons. The predicted octanol–water partition coefficient (Wildman–Crippen LogP) is 3.57. The van der Waals surface area contributed by atoms with Gasteiger partial charge in [-0.05, 0) is 45.3 Å². The lowest BCUT2D eigenvalue weighted by molar-refractivity contribution is 0.268. The Morgan fingerprint density at radius 2 is 2.14 bits per heavy atom. The van der Waals surface area contributed by atoms with E-state index >= 15 is 0 Å². The third kappa shape index (κ3) is 4.05. The number of rotatable bonds is 6. The summed E-state index contributed by atoms with van der Waals surface area (Å²) < 4.78 is 0. The van der Waals surface area contributed by atoms with Crippen molar-refractivity contribution in [2.45, 2.75) is 51.5 Å². The van der Waals surface area contributed by atoms with Crippen molar-refractivity contribution in [3.63, 3.8) is 0 Å². The van der Waals surface area contributed by atoms with E-state index in [2.05, 4.69) is 30.0 Å². The van der Waals surface area contributed by atoms with E-state index in [-0.39, 0.29) is 0 Å². The maximum absolute atomic E-state index is 4.70. The molecule has 0 bridgehead atoms. The van der Waals surface area contributed by atoms with Gasteiger partial charge in [0.2, 0.25) is 0 Å². The summed E-state index contributed by atoms with van der Waals surface area (Å²) in [5, 5.41) is 1.41. The maximum Gasteiger partial charge on any atom is 0.0959 e. The molecule has 3 rings (SSSR count). The van der Waals surface area contributed by atoms with E-state index in [1.54, 1.807) is 0 Å². The molecule has 0 radical (unpaired) electrons. The lowest BCUT2D eigenvalue weighted by atomic mass is 10.1. The molecule has 0 aromatic carbocycles. The molecule has 1 aliphatic carbocycles. The number of likely N-dealkylation sites (tertiary alicyclic amines) is 1. The maximum atomic E-state index is 4.70. The second kappa shape index (κ2) is 7.21. The molecule has 1 atom stereocenters. The van der Waals surface area contributed by atoms with Gasteiger partial charge in [0.05, 0.1) is 5.01 Å². The van der Waals surface area contributed by atoms with Gasteiger partial charge in [-0.2, -0.15) is 0 Å². The van der Waals surface area contributed by atoms with Crippen molar-refractivity contribution in [2.24, 2.45) is 5.92 Å². The van der Waals surface area contributed by atoms with Crippen LogP contribution in [-0.4, -0.2) is 48.0 Å². The van der Waals surface area contributed by atoms with E-state index in [9.17, 15) is 0 Å². The third-order valence-corrected chi connectivity index (χ3v) is 6.28. The van der Waals surface area contributed by atoms with E-state index in [1.807, 2.05) is 11.3 Å². The first-order chi connectivity index (χ1) is 10.2. The number of nitrogens with zero attached hydrogens (tertiary/aromatic N) is 3. The second-order valence-corrected chi connectivity index (χ2v) is 8.04. The average Bonchev–Trinajstić information content (AvgIpc) is 3.19. The molecule has 21 heavy (non-hydrogen) atoms.